The molecule has 37 heavy (non-hydrogen) atoms. The van der Waals surface area contributed by atoms with Gasteiger partial charge in [-0.3, -0.25) is 10.00 Å². The summed E-state index contributed by atoms with van der Waals surface area (Å²) in [5.41, 5.74) is 8.70. The minimum Gasteiger partial charge on any atom is -0.381 e. The summed E-state index contributed by atoms with van der Waals surface area (Å²) in [6.07, 6.45) is 11.3. The summed E-state index contributed by atoms with van der Waals surface area (Å²) >= 11 is 0. The zero-order valence-electron chi connectivity index (χ0n) is 22.3. The normalized spacial score (nSPS) is 26.9. The monoisotopic (exact) mass is 498 g/mol. The number of nitrogens with zero attached hydrogens (tertiary/aromatic N) is 5. The summed E-state index contributed by atoms with van der Waals surface area (Å²) in [7, 11) is 0. The highest BCUT2D eigenvalue weighted by Crippen LogP contribution is 2.44. The van der Waals surface area contributed by atoms with Crippen LogP contribution in [0.4, 0.5) is 0 Å². The van der Waals surface area contributed by atoms with Crippen LogP contribution in [-0.4, -0.2) is 62.0 Å². The van der Waals surface area contributed by atoms with Crippen LogP contribution in [0.1, 0.15) is 81.0 Å². The third-order valence-corrected chi connectivity index (χ3v) is 9.51. The van der Waals surface area contributed by atoms with Gasteiger partial charge in [0.1, 0.15) is 6.33 Å². The minimum atomic E-state index is 0.409. The maximum Gasteiger partial charge on any atom is 0.158 e. The number of nitrogens with one attached hydrogen (secondary N) is 1. The number of rotatable bonds is 4. The van der Waals surface area contributed by atoms with Gasteiger partial charge in [-0.2, -0.15) is 10.2 Å². The van der Waals surface area contributed by atoms with Gasteiger partial charge in [0, 0.05) is 47.7 Å². The molecule has 2 saturated heterocycles. The van der Waals surface area contributed by atoms with Crippen molar-refractivity contribution in [3.05, 3.63) is 47.5 Å². The summed E-state index contributed by atoms with van der Waals surface area (Å²) in [6.45, 7) is 11.1. The molecule has 1 atom stereocenters. The van der Waals surface area contributed by atoms with Gasteiger partial charge in [0.15, 0.2) is 5.65 Å². The molecule has 3 fully saturated rings. The summed E-state index contributed by atoms with van der Waals surface area (Å²) in [5, 5.41) is 14.0. The van der Waals surface area contributed by atoms with Gasteiger partial charge in [-0.05, 0) is 92.8 Å². The highest BCUT2D eigenvalue weighted by molar-refractivity contribution is 5.89. The van der Waals surface area contributed by atoms with E-state index >= 15 is 0 Å². The number of aromatic amines is 1. The standard InChI is InChI=1S/C30H38N6O/c1-19(2)24-13-26-27(14-25(24)22-12-20(3)29-31-18-32-36(29)15-22)33-34-28(26)21-4-6-23(7-5-21)35-10-8-30(16-35)9-11-37-17-30/h12-15,18-19,21,23H,4-11,16-17H2,1-3H3,(H,33,34). The van der Waals surface area contributed by atoms with Gasteiger partial charge in [0.05, 0.1) is 17.8 Å². The van der Waals surface area contributed by atoms with Crippen LogP contribution in [0, 0.1) is 12.3 Å². The van der Waals surface area contributed by atoms with Crippen molar-refractivity contribution in [2.45, 2.75) is 77.2 Å². The fourth-order valence-electron chi connectivity index (χ4n) is 7.35. The van der Waals surface area contributed by atoms with Crippen LogP contribution in [0.25, 0.3) is 27.7 Å². The van der Waals surface area contributed by atoms with Crippen molar-refractivity contribution in [3.8, 4) is 11.1 Å². The predicted octanol–water partition coefficient (Wildman–Crippen LogP) is 5.84. The highest BCUT2D eigenvalue weighted by atomic mass is 16.5. The summed E-state index contributed by atoms with van der Waals surface area (Å²) in [4.78, 5) is 7.17. The van der Waals surface area contributed by atoms with Crippen molar-refractivity contribution in [3.63, 3.8) is 0 Å². The van der Waals surface area contributed by atoms with Gasteiger partial charge in [-0.25, -0.2) is 9.50 Å². The summed E-state index contributed by atoms with van der Waals surface area (Å²) < 4.78 is 7.65. The number of aryl methyl sites for hydroxylation is 1. The molecule has 194 valence electrons. The fourth-order valence-corrected chi connectivity index (χ4v) is 7.35. The molecular formula is C30H38N6O. The van der Waals surface area contributed by atoms with E-state index in [-0.39, 0.29) is 0 Å². The molecule has 3 aromatic heterocycles. The van der Waals surface area contributed by atoms with Crippen LogP contribution >= 0.6 is 0 Å². The zero-order chi connectivity index (χ0) is 25.1. The maximum atomic E-state index is 5.76. The lowest BCUT2D eigenvalue weighted by atomic mass is 9.81. The van der Waals surface area contributed by atoms with E-state index in [2.05, 4.69) is 65.2 Å². The molecule has 1 aromatic carbocycles. The largest absolute Gasteiger partial charge is 0.381 e. The van der Waals surface area contributed by atoms with Crippen LogP contribution in [0.3, 0.4) is 0 Å². The molecule has 7 nitrogen and oxygen atoms in total. The van der Waals surface area contributed by atoms with Gasteiger partial charge in [0.2, 0.25) is 0 Å². The van der Waals surface area contributed by atoms with Crippen molar-refractivity contribution in [1.82, 2.24) is 29.7 Å². The Balaban J connectivity index is 1.15. The molecule has 0 bridgehead atoms. The molecule has 0 amide bonds. The molecule has 3 aliphatic rings. The topological polar surface area (TPSA) is 71.3 Å². The van der Waals surface area contributed by atoms with Gasteiger partial charge >= 0.3 is 0 Å². The fraction of sp³-hybridized carbons (Fsp3) is 0.567. The van der Waals surface area contributed by atoms with E-state index in [0.717, 1.165) is 36.0 Å². The molecule has 1 N–H and O–H groups in total. The quantitative estimate of drug-likeness (QED) is 0.383. The first kappa shape index (κ1) is 23.4. The smallest absolute Gasteiger partial charge is 0.158 e. The average molecular weight is 499 g/mol. The predicted molar refractivity (Wildman–Crippen MR) is 146 cm³/mol. The Bertz CT molecular complexity index is 1440. The Hall–Kier alpha value is -2.77. The number of benzene rings is 1. The molecular weight excluding hydrogens is 460 g/mol. The molecule has 4 aromatic rings. The number of likely N-dealkylation sites (tertiary alicyclic amines) is 1. The van der Waals surface area contributed by atoms with Crippen molar-refractivity contribution < 1.29 is 4.74 Å². The van der Waals surface area contributed by atoms with Crippen molar-refractivity contribution >= 4 is 16.6 Å². The third kappa shape index (κ3) is 3.98. The van der Waals surface area contributed by atoms with Crippen molar-refractivity contribution in [2.75, 3.05) is 26.3 Å². The Morgan fingerprint density at radius 1 is 1.11 bits per heavy atom. The first-order valence-corrected chi connectivity index (χ1v) is 14.1. The van der Waals surface area contributed by atoms with E-state index in [4.69, 9.17) is 9.84 Å². The second-order valence-electron chi connectivity index (χ2n) is 12.2. The second kappa shape index (κ2) is 8.91. The Kier molecular flexibility index (Phi) is 5.63. The third-order valence-electron chi connectivity index (χ3n) is 9.51. The van der Waals surface area contributed by atoms with Crippen molar-refractivity contribution in [2.24, 2.45) is 5.41 Å². The molecule has 5 heterocycles. The van der Waals surface area contributed by atoms with E-state index in [0.29, 0.717) is 17.3 Å². The Morgan fingerprint density at radius 3 is 2.76 bits per heavy atom. The van der Waals surface area contributed by atoms with E-state index in [1.807, 2.05) is 4.52 Å². The van der Waals surface area contributed by atoms with Crippen LogP contribution in [0.15, 0.2) is 30.7 Å². The van der Waals surface area contributed by atoms with E-state index in [1.54, 1.807) is 6.33 Å². The Labute approximate surface area is 218 Å². The van der Waals surface area contributed by atoms with Crippen LogP contribution in [0.5, 0.6) is 0 Å². The summed E-state index contributed by atoms with van der Waals surface area (Å²) in [5.74, 6) is 0.947. The number of ether oxygens (including phenoxy) is 1. The molecule has 1 spiro atoms. The van der Waals surface area contributed by atoms with Crippen LogP contribution in [0.2, 0.25) is 0 Å². The van der Waals surface area contributed by atoms with E-state index < -0.39 is 0 Å². The van der Waals surface area contributed by atoms with Crippen LogP contribution in [-0.2, 0) is 4.74 Å². The number of H-pyrrole nitrogens is 1. The lowest BCUT2D eigenvalue weighted by molar-refractivity contribution is 0.132. The van der Waals surface area contributed by atoms with Gasteiger partial charge in [-0.1, -0.05) is 13.8 Å². The van der Waals surface area contributed by atoms with Gasteiger partial charge in [-0.15, -0.1) is 0 Å². The first-order chi connectivity index (χ1) is 18.0. The highest BCUT2D eigenvalue weighted by Gasteiger charge is 2.43. The number of hydrogen-bond acceptors (Lipinski definition) is 5. The molecule has 7 rings (SSSR count). The lowest BCUT2D eigenvalue weighted by Gasteiger charge is -2.35. The molecule has 0 radical (unpaired) electrons. The SMILES string of the molecule is Cc1cc(-c2cc3[nH]nc(C4CCC(N5CCC6(CCOC6)C5)CC4)c3cc2C(C)C)cn2ncnc12. The summed E-state index contributed by atoms with van der Waals surface area (Å²) in [6, 6.07) is 7.67. The number of pyridine rings is 1. The van der Waals surface area contributed by atoms with Crippen LogP contribution < -0.4 is 0 Å². The van der Waals surface area contributed by atoms with E-state index in [9.17, 15) is 0 Å². The van der Waals surface area contributed by atoms with Crippen molar-refractivity contribution in [1.29, 1.82) is 0 Å². The number of hydrogen-bond donors (Lipinski definition) is 1. The maximum absolute atomic E-state index is 5.76. The Morgan fingerprint density at radius 2 is 1.97 bits per heavy atom. The molecule has 1 unspecified atom stereocenters. The lowest BCUT2D eigenvalue weighted by Crippen LogP contribution is -2.38. The average Bonchev–Trinajstić information content (AvgIpc) is 3.71. The van der Waals surface area contributed by atoms with E-state index in [1.165, 1.54) is 79.4 Å². The molecule has 1 saturated carbocycles. The zero-order valence-corrected chi connectivity index (χ0v) is 22.3. The molecule has 7 heteroatoms. The number of fused-ring (bicyclic) bond motifs is 2. The molecule has 2 aliphatic heterocycles. The molecule has 1 aliphatic carbocycles. The minimum absolute atomic E-state index is 0.409. The first-order valence-electron chi connectivity index (χ1n) is 14.1. The van der Waals surface area contributed by atoms with Gasteiger partial charge in [0.25, 0.3) is 0 Å². The second-order valence-corrected chi connectivity index (χ2v) is 12.2. The van der Waals surface area contributed by atoms with Gasteiger partial charge < -0.3 is 4.74 Å². The number of aromatic nitrogens is 5.